The molecule has 0 atom stereocenters. The molecule has 2 rings (SSSR count). The van der Waals surface area contributed by atoms with Gasteiger partial charge in [0.1, 0.15) is 5.75 Å². The Balaban J connectivity index is 2.71. The second-order valence-corrected chi connectivity index (χ2v) is 6.20. The van der Waals surface area contributed by atoms with Gasteiger partial charge in [-0.05, 0) is 40.5 Å². The van der Waals surface area contributed by atoms with Crippen molar-refractivity contribution in [3.8, 4) is 5.75 Å². The summed E-state index contributed by atoms with van der Waals surface area (Å²) in [4.78, 5) is 0. The van der Waals surface area contributed by atoms with Crippen LogP contribution in [0.5, 0.6) is 5.75 Å². The lowest BCUT2D eigenvalue weighted by atomic mass is 9.82. The predicted molar refractivity (Wildman–Crippen MR) is 63.8 cm³/mol. The highest BCUT2D eigenvalue weighted by Crippen LogP contribution is 2.51. The fourth-order valence-electron chi connectivity index (χ4n) is 2.98. The fourth-order valence-corrected chi connectivity index (χ4v) is 3.14. The van der Waals surface area contributed by atoms with Gasteiger partial charge in [0.25, 0.3) is 0 Å². The first-order valence-electron chi connectivity index (χ1n) is 5.27. The highest BCUT2D eigenvalue weighted by Gasteiger charge is 2.42. The molecule has 0 saturated carbocycles. The van der Waals surface area contributed by atoms with Crippen LogP contribution in [-0.2, 0) is 10.8 Å². The minimum absolute atomic E-state index is 0.126. The van der Waals surface area contributed by atoms with Crippen LogP contribution in [0.3, 0.4) is 0 Å². The van der Waals surface area contributed by atoms with Crippen LogP contribution in [0.1, 0.15) is 45.2 Å². The van der Waals surface area contributed by atoms with Crippen LogP contribution in [-0.4, -0.2) is 5.11 Å². The molecule has 2 heteroatoms. The van der Waals surface area contributed by atoms with Gasteiger partial charge in [-0.15, -0.1) is 0 Å². The Labute approximate surface area is 96.1 Å². The molecule has 82 valence electrons. The third kappa shape index (κ3) is 1.53. The van der Waals surface area contributed by atoms with Crippen molar-refractivity contribution >= 4 is 11.6 Å². The Bertz CT molecular complexity index is 380. The van der Waals surface area contributed by atoms with E-state index < -0.39 is 0 Å². The molecule has 0 spiro atoms. The average Bonchev–Trinajstić information content (AvgIpc) is 2.21. The Morgan fingerprint density at radius 1 is 1.07 bits per heavy atom. The normalized spacial score (nSPS) is 21.4. The Hall–Kier alpha value is -0.690. The average molecular weight is 225 g/mol. The van der Waals surface area contributed by atoms with Crippen LogP contribution in [0.15, 0.2) is 12.1 Å². The largest absolute Gasteiger partial charge is 0.506 e. The lowest BCUT2D eigenvalue weighted by Crippen LogP contribution is -2.17. The Morgan fingerprint density at radius 2 is 1.53 bits per heavy atom. The van der Waals surface area contributed by atoms with E-state index in [1.54, 1.807) is 0 Å². The number of hydrogen-bond acceptors (Lipinski definition) is 1. The van der Waals surface area contributed by atoms with Crippen molar-refractivity contribution in [3.63, 3.8) is 0 Å². The van der Waals surface area contributed by atoms with E-state index in [0.717, 1.165) is 6.42 Å². The van der Waals surface area contributed by atoms with Crippen LogP contribution < -0.4 is 0 Å². The van der Waals surface area contributed by atoms with Gasteiger partial charge in [0.15, 0.2) is 0 Å². The molecule has 15 heavy (non-hydrogen) atoms. The predicted octanol–water partition coefficient (Wildman–Crippen LogP) is 4.00. The monoisotopic (exact) mass is 224 g/mol. The fraction of sp³-hybridized carbons (Fsp3) is 0.538. The van der Waals surface area contributed by atoms with Crippen LogP contribution in [0.4, 0.5) is 0 Å². The summed E-state index contributed by atoms with van der Waals surface area (Å²) in [6, 6.07) is 3.74. The van der Waals surface area contributed by atoms with E-state index >= 15 is 0 Å². The first kappa shape index (κ1) is 10.8. The maximum atomic E-state index is 9.65. The van der Waals surface area contributed by atoms with E-state index in [-0.39, 0.29) is 16.6 Å². The molecule has 0 heterocycles. The van der Waals surface area contributed by atoms with E-state index in [0.29, 0.717) is 5.02 Å². The summed E-state index contributed by atoms with van der Waals surface area (Å²) in [6.45, 7) is 8.89. The van der Waals surface area contributed by atoms with E-state index in [9.17, 15) is 5.11 Å². The number of aromatic hydroxyl groups is 1. The van der Waals surface area contributed by atoms with Gasteiger partial charge in [-0.1, -0.05) is 39.3 Å². The molecule has 1 nitrogen and oxygen atoms in total. The van der Waals surface area contributed by atoms with Gasteiger partial charge in [-0.2, -0.15) is 0 Å². The van der Waals surface area contributed by atoms with Crippen LogP contribution >= 0.6 is 11.6 Å². The molecular weight excluding hydrogens is 208 g/mol. The summed E-state index contributed by atoms with van der Waals surface area (Å²) in [6.07, 6.45) is 1.09. The molecule has 1 aliphatic rings. The van der Waals surface area contributed by atoms with Crippen molar-refractivity contribution in [2.45, 2.75) is 44.9 Å². The third-order valence-electron chi connectivity index (χ3n) is 3.43. The number of halogens is 1. The van der Waals surface area contributed by atoms with Gasteiger partial charge in [-0.25, -0.2) is 0 Å². The number of benzene rings is 1. The first-order chi connectivity index (χ1) is 6.74. The van der Waals surface area contributed by atoms with Gasteiger partial charge >= 0.3 is 0 Å². The third-order valence-corrected chi connectivity index (χ3v) is 3.73. The second-order valence-electron chi connectivity index (χ2n) is 5.79. The summed E-state index contributed by atoms with van der Waals surface area (Å²) in [5.74, 6) is 0.196. The summed E-state index contributed by atoms with van der Waals surface area (Å²) < 4.78 is 0. The van der Waals surface area contributed by atoms with Crippen molar-refractivity contribution in [2.75, 3.05) is 0 Å². The van der Waals surface area contributed by atoms with E-state index in [1.165, 1.54) is 11.1 Å². The summed E-state index contributed by atoms with van der Waals surface area (Å²) in [7, 11) is 0. The van der Waals surface area contributed by atoms with Gasteiger partial charge in [0.05, 0.1) is 5.02 Å². The molecule has 0 fully saturated rings. The lowest BCUT2D eigenvalue weighted by molar-refractivity contribution is 0.402. The maximum absolute atomic E-state index is 9.65. The topological polar surface area (TPSA) is 20.2 Å². The van der Waals surface area contributed by atoms with Crippen LogP contribution in [0.25, 0.3) is 0 Å². The standard InChI is InChI=1S/C13H17ClO/c1-12(2)7-13(3,4)9-6-11(15)10(14)5-8(9)12/h5-6,15H,7H2,1-4H3. The van der Waals surface area contributed by atoms with Crippen molar-refractivity contribution < 1.29 is 5.11 Å². The van der Waals surface area contributed by atoms with Crippen LogP contribution in [0.2, 0.25) is 5.02 Å². The molecule has 0 bridgehead atoms. The number of fused-ring (bicyclic) bond motifs is 1. The highest BCUT2D eigenvalue weighted by atomic mass is 35.5. The molecule has 1 aromatic rings. The molecule has 0 radical (unpaired) electrons. The molecule has 0 aliphatic heterocycles. The number of rotatable bonds is 0. The zero-order valence-electron chi connectivity index (χ0n) is 9.69. The molecule has 0 amide bonds. The minimum atomic E-state index is 0.126. The smallest absolute Gasteiger partial charge is 0.134 e. The SMILES string of the molecule is CC1(C)CC(C)(C)c2cc(Cl)c(O)cc21. The second kappa shape index (κ2) is 2.91. The van der Waals surface area contributed by atoms with E-state index in [1.807, 2.05) is 12.1 Å². The molecule has 0 aromatic heterocycles. The zero-order chi connectivity index (χ0) is 11.4. The van der Waals surface area contributed by atoms with Crippen LogP contribution in [0, 0.1) is 0 Å². The highest BCUT2D eigenvalue weighted by molar-refractivity contribution is 6.32. The molecule has 1 aromatic carbocycles. The van der Waals surface area contributed by atoms with Crippen molar-refractivity contribution in [1.82, 2.24) is 0 Å². The number of phenols is 1. The molecule has 1 aliphatic carbocycles. The van der Waals surface area contributed by atoms with E-state index in [4.69, 9.17) is 11.6 Å². The summed E-state index contributed by atoms with van der Waals surface area (Å²) in [5.41, 5.74) is 2.78. The van der Waals surface area contributed by atoms with Crippen molar-refractivity contribution in [1.29, 1.82) is 0 Å². The van der Waals surface area contributed by atoms with Gasteiger partial charge in [0, 0.05) is 0 Å². The summed E-state index contributed by atoms with van der Waals surface area (Å²) in [5, 5.41) is 10.1. The molecule has 0 saturated heterocycles. The zero-order valence-corrected chi connectivity index (χ0v) is 10.4. The molecule has 0 unspecified atom stereocenters. The summed E-state index contributed by atoms with van der Waals surface area (Å²) >= 11 is 5.96. The number of hydrogen-bond donors (Lipinski definition) is 1. The van der Waals surface area contributed by atoms with Gasteiger partial charge in [-0.3, -0.25) is 0 Å². The Kier molecular flexibility index (Phi) is 2.10. The maximum Gasteiger partial charge on any atom is 0.134 e. The minimum Gasteiger partial charge on any atom is -0.506 e. The van der Waals surface area contributed by atoms with E-state index in [2.05, 4.69) is 27.7 Å². The Morgan fingerprint density at radius 3 is 2.07 bits per heavy atom. The molecule has 1 N–H and O–H groups in total. The first-order valence-corrected chi connectivity index (χ1v) is 5.65. The van der Waals surface area contributed by atoms with Crippen molar-refractivity contribution in [2.24, 2.45) is 0 Å². The lowest BCUT2D eigenvalue weighted by Gasteiger charge is -2.22. The quantitative estimate of drug-likeness (QED) is 0.706. The number of phenolic OH excluding ortho intramolecular Hbond substituents is 1. The molecular formula is C13H17ClO. The van der Waals surface area contributed by atoms with Gasteiger partial charge < -0.3 is 5.11 Å². The van der Waals surface area contributed by atoms with Gasteiger partial charge in [0.2, 0.25) is 0 Å². The van der Waals surface area contributed by atoms with Crippen molar-refractivity contribution in [3.05, 3.63) is 28.3 Å².